The van der Waals surface area contributed by atoms with Crippen LogP contribution in [0.1, 0.15) is 252 Å². The summed E-state index contributed by atoms with van der Waals surface area (Å²) >= 11 is 0. The third kappa shape index (κ3) is 48.0. The van der Waals surface area contributed by atoms with E-state index in [1.807, 2.05) is 0 Å². The van der Waals surface area contributed by atoms with Crippen molar-refractivity contribution in [1.29, 1.82) is 0 Å². The molecule has 0 fully saturated rings. The van der Waals surface area contributed by atoms with E-state index in [0.717, 1.165) is 83.5 Å². The molecule has 0 heterocycles. The fraction of sp³-hybridized carbons (Fsp3) is 0.764. The molecule has 1 atom stereocenters. The standard InChI is InChI=1S/C55H96O6/c1-4-7-10-13-16-19-22-24-26-28-30-33-36-39-42-45-48-54(57)60-51-52(50-59-53(56)47-44-41-38-35-32-21-18-15-12-9-6-3)61-55(58)49-46-43-40-37-34-31-29-27-25-23-20-17-14-11-8-5-2/h9,12,18,21,26-29,35,38,52H,4-8,10-11,13-17,19-20,22-25,30-34,36-37,39-51H2,1-3H3/b12-9-,21-18-,28-26-,29-27-,38-35-. The fourth-order valence-corrected chi connectivity index (χ4v) is 7.10. The minimum absolute atomic E-state index is 0.0972. The summed E-state index contributed by atoms with van der Waals surface area (Å²) < 4.78 is 16.7. The fourth-order valence-electron chi connectivity index (χ4n) is 7.10. The Kier molecular flexibility index (Phi) is 47.4. The smallest absolute Gasteiger partial charge is 0.306 e. The highest BCUT2D eigenvalue weighted by molar-refractivity contribution is 5.71. The zero-order chi connectivity index (χ0) is 44.4. The molecule has 0 rings (SSSR count). The van der Waals surface area contributed by atoms with Crippen LogP contribution in [0.5, 0.6) is 0 Å². The van der Waals surface area contributed by atoms with Gasteiger partial charge in [0, 0.05) is 19.3 Å². The summed E-state index contributed by atoms with van der Waals surface area (Å²) in [6.45, 7) is 6.46. The van der Waals surface area contributed by atoms with Crippen molar-refractivity contribution >= 4 is 17.9 Å². The molecule has 0 aromatic heterocycles. The minimum atomic E-state index is -0.800. The molecule has 0 aliphatic rings. The molecular weight excluding hydrogens is 757 g/mol. The van der Waals surface area contributed by atoms with Crippen LogP contribution in [0, 0.1) is 0 Å². The molecule has 6 nitrogen and oxygen atoms in total. The normalized spacial score (nSPS) is 12.5. The van der Waals surface area contributed by atoms with Crippen molar-refractivity contribution < 1.29 is 28.6 Å². The van der Waals surface area contributed by atoms with E-state index in [2.05, 4.69) is 81.5 Å². The Hall–Kier alpha value is -2.89. The van der Waals surface area contributed by atoms with Crippen molar-refractivity contribution in [1.82, 2.24) is 0 Å². The molecule has 61 heavy (non-hydrogen) atoms. The predicted molar refractivity (Wildman–Crippen MR) is 261 cm³/mol. The van der Waals surface area contributed by atoms with E-state index in [4.69, 9.17) is 14.2 Å². The molecule has 0 N–H and O–H groups in total. The van der Waals surface area contributed by atoms with Gasteiger partial charge in [0.15, 0.2) is 6.10 Å². The van der Waals surface area contributed by atoms with E-state index < -0.39 is 6.10 Å². The molecule has 0 aromatic rings. The molecule has 0 aliphatic heterocycles. The average Bonchev–Trinajstić information content (AvgIpc) is 3.26. The molecular formula is C55H96O6. The molecule has 0 saturated heterocycles. The van der Waals surface area contributed by atoms with Crippen molar-refractivity contribution in [3.8, 4) is 0 Å². The van der Waals surface area contributed by atoms with Crippen LogP contribution in [0.4, 0.5) is 0 Å². The first kappa shape index (κ1) is 58.1. The zero-order valence-corrected chi connectivity index (χ0v) is 40.2. The number of hydrogen-bond donors (Lipinski definition) is 0. The molecule has 1 unspecified atom stereocenters. The second-order valence-electron chi connectivity index (χ2n) is 17.0. The third-order valence-corrected chi connectivity index (χ3v) is 11.0. The molecule has 0 bridgehead atoms. The molecule has 352 valence electrons. The maximum Gasteiger partial charge on any atom is 0.306 e. The first-order chi connectivity index (χ1) is 30.0. The second kappa shape index (κ2) is 49.8. The Morgan fingerprint density at radius 2 is 0.656 bits per heavy atom. The summed E-state index contributed by atoms with van der Waals surface area (Å²) in [6, 6.07) is 0. The van der Waals surface area contributed by atoms with E-state index in [-0.39, 0.29) is 37.5 Å². The van der Waals surface area contributed by atoms with Crippen molar-refractivity contribution in [2.45, 2.75) is 258 Å². The SMILES string of the molecule is CC/C=C\C/C=C\C/C=C\CCCC(=O)OCC(COC(=O)CCCCCCC/C=C\CCCCCCCCC)OC(=O)CCCCCCC/C=C\CCCCCCCCC. The average molecular weight is 853 g/mol. The topological polar surface area (TPSA) is 78.9 Å². The molecule has 0 aromatic carbocycles. The van der Waals surface area contributed by atoms with Crippen LogP contribution < -0.4 is 0 Å². The Morgan fingerprint density at radius 3 is 1.08 bits per heavy atom. The van der Waals surface area contributed by atoms with Crippen LogP contribution in [0.25, 0.3) is 0 Å². The first-order valence-electron chi connectivity index (χ1n) is 25.8. The van der Waals surface area contributed by atoms with Crippen LogP contribution in [0.15, 0.2) is 60.8 Å². The van der Waals surface area contributed by atoms with Crippen LogP contribution in [-0.4, -0.2) is 37.2 Å². The van der Waals surface area contributed by atoms with Gasteiger partial charge in [0.2, 0.25) is 0 Å². The molecule has 0 saturated carbocycles. The lowest BCUT2D eigenvalue weighted by atomic mass is 10.1. The summed E-state index contributed by atoms with van der Waals surface area (Å²) in [5.74, 6) is -0.967. The van der Waals surface area contributed by atoms with Gasteiger partial charge in [-0.05, 0) is 96.3 Å². The van der Waals surface area contributed by atoms with Gasteiger partial charge in [-0.1, -0.05) is 197 Å². The van der Waals surface area contributed by atoms with E-state index in [0.29, 0.717) is 19.3 Å². The lowest BCUT2D eigenvalue weighted by molar-refractivity contribution is -0.167. The Balaban J connectivity index is 4.42. The Bertz CT molecular complexity index is 1120. The van der Waals surface area contributed by atoms with Gasteiger partial charge in [-0.3, -0.25) is 14.4 Å². The number of carbonyl (C=O) groups is 3. The third-order valence-electron chi connectivity index (χ3n) is 11.0. The number of ether oxygens (including phenoxy) is 3. The number of carbonyl (C=O) groups excluding carboxylic acids is 3. The monoisotopic (exact) mass is 853 g/mol. The number of esters is 3. The zero-order valence-electron chi connectivity index (χ0n) is 40.2. The molecule has 0 spiro atoms. The Morgan fingerprint density at radius 1 is 0.344 bits per heavy atom. The van der Waals surface area contributed by atoms with Gasteiger partial charge in [0.05, 0.1) is 0 Å². The van der Waals surface area contributed by atoms with Gasteiger partial charge in [-0.25, -0.2) is 0 Å². The number of hydrogen-bond acceptors (Lipinski definition) is 6. The molecule has 6 heteroatoms. The van der Waals surface area contributed by atoms with Gasteiger partial charge < -0.3 is 14.2 Å². The summed E-state index contributed by atoms with van der Waals surface area (Å²) in [5, 5.41) is 0. The lowest BCUT2D eigenvalue weighted by Gasteiger charge is -2.18. The van der Waals surface area contributed by atoms with E-state index in [9.17, 15) is 14.4 Å². The number of rotatable bonds is 46. The highest BCUT2D eigenvalue weighted by atomic mass is 16.6. The maximum absolute atomic E-state index is 12.8. The lowest BCUT2D eigenvalue weighted by Crippen LogP contribution is -2.30. The van der Waals surface area contributed by atoms with Gasteiger partial charge in [0.1, 0.15) is 13.2 Å². The van der Waals surface area contributed by atoms with Crippen molar-refractivity contribution in [3.05, 3.63) is 60.8 Å². The van der Waals surface area contributed by atoms with Crippen LogP contribution in [0.2, 0.25) is 0 Å². The van der Waals surface area contributed by atoms with Gasteiger partial charge in [0.25, 0.3) is 0 Å². The van der Waals surface area contributed by atoms with Crippen LogP contribution in [0.3, 0.4) is 0 Å². The largest absolute Gasteiger partial charge is 0.462 e. The molecule has 0 amide bonds. The molecule has 0 radical (unpaired) electrons. The number of unbranched alkanes of at least 4 members (excludes halogenated alkanes) is 25. The molecule has 0 aliphatic carbocycles. The van der Waals surface area contributed by atoms with Crippen molar-refractivity contribution in [3.63, 3.8) is 0 Å². The summed E-state index contributed by atoms with van der Waals surface area (Å²) in [4.78, 5) is 37.9. The van der Waals surface area contributed by atoms with Gasteiger partial charge in [-0.15, -0.1) is 0 Å². The quantitative estimate of drug-likeness (QED) is 0.0263. The van der Waals surface area contributed by atoms with E-state index in [1.54, 1.807) is 0 Å². The second-order valence-corrected chi connectivity index (χ2v) is 17.0. The Labute approximate surface area is 377 Å². The highest BCUT2D eigenvalue weighted by Gasteiger charge is 2.19. The van der Waals surface area contributed by atoms with E-state index >= 15 is 0 Å². The summed E-state index contributed by atoms with van der Waals surface area (Å²) in [7, 11) is 0. The van der Waals surface area contributed by atoms with Gasteiger partial charge in [-0.2, -0.15) is 0 Å². The van der Waals surface area contributed by atoms with Crippen molar-refractivity contribution in [2.24, 2.45) is 0 Å². The first-order valence-corrected chi connectivity index (χ1v) is 25.8. The highest BCUT2D eigenvalue weighted by Crippen LogP contribution is 2.14. The van der Waals surface area contributed by atoms with Crippen LogP contribution in [-0.2, 0) is 28.6 Å². The van der Waals surface area contributed by atoms with Gasteiger partial charge >= 0.3 is 17.9 Å². The summed E-state index contributed by atoms with van der Waals surface area (Å²) in [5.41, 5.74) is 0. The minimum Gasteiger partial charge on any atom is -0.462 e. The van der Waals surface area contributed by atoms with E-state index in [1.165, 1.54) is 122 Å². The van der Waals surface area contributed by atoms with Crippen LogP contribution >= 0.6 is 0 Å². The maximum atomic E-state index is 12.8. The predicted octanol–water partition coefficient (Wildman–Crippen LogP) is 16.9. The summed E-state index contributed by atoms with van der Waals surface area (Å²) in [6.07, 6.45) is 60.7. The number of allylic oxidation sites excluding steroid dienone is 10. The van der Waals surface area contributed by atoms with Crippen molar-refractivity contribution in [2.75, 3.05) is 13.2 Å².